The SMILES string of the molecule is NC(=NO)c1cccc(-c2ccc(O)cc2)c1-c1cccc(F)c1F. The summed E-state index contributed by atoms with van der Waals surface area (Å²) in [6, 6.07) is 15.0. The molecule has 0 aromatic heterocycles. The Morgan fingerprint density at radius 1 is 0.880 bits per heavy atom. The van der Waals surface area contributed by atoms with Crippen molar-refractivity contribution in [1.29, 1.82) is 0 Å². The minimum Gasteiger partial charge on any atom is -0.508 e. The minimum atomic E-state index is -1.03. The van der Waals surface area contributed by atoms with Crippen LogP contribution < -0.4 is 5.73 Å². The maximum atomic E-state index is 14.4. The molecule has 4 N–H and O–H groups in total. The molecule has 25 heavy (non-hydrogen) atoms. The normalized spacial score (nSPS) is 11.5. The number of nitrogens with two attached hydrogens (primary N) is 1. The fraction of sp³-hybridized carbons (Fsp3) is 0. The predicted molar refractivity (Wildman–Crippen MR) is 91.4 cm³/mol. The molecule has 0 saturated carbocycles. The largest absolute Gasteiger partial charge is 0.508 e. The molecule has 0 heterocycles. The summed E-state index contributed by atoms with van der Waals surface area (Å²) in [5.41, 5.74) is 7.49. The molecule has 0 radical (unpaired) electrons. The molecule has 0 aliphatic heterocycles. The topological polar surface area (TPSA) is 78.8 Å². The molecule has 0 bridgehead atoms. The Kier molecular flexibility index (Phi) is 4.35. The molecule has 126 valence electrons. The lowest BCUT2D eigenvalue weighted by Gasteiger charge is -2.16. The Bertz CT molecular complexity index is 954. The number of phenolic OH excluding ortho intramolecular Hbond substituents is 1. The monoisotopic (exact) mass is 340 g/mol. The van der Waals surface area contributed by atoms with Gasteiger partial charge in [-0.25, -0.2) is 8.78 Å². The van der Waals surface area contributed by atoms with Crippen LogP contribution in [-0.4, -0.2) is 16.1 Å². The highest BCUT2D eigenvalue weighted by atomic mass is 19.2. The van der Waals surface area contributed by atoms with Crippen molar-refractivity contribution < 1.29 is 19.1 Å². The Balaban J connectivity index is 2.37. The summed E-state index contributed by atoms with van der Waals surface area (Å²) in [5.74, 6) is -2.17. The van der Waals surface area contributed by atoms with Crippen molar-refractivity contribution in [3.05, 3.63) is 77.9 Å². The second-order valence-electron chi connectivity index (χ2n) is 5.36. The number of hydrogen-bond acceptors (Lipinski definition) is 3. The molecule has 0 saturated heterocycles. The van der Waals surface area contributed by atoms with Gasteiger partial charge < -0.3 is 16.0 Å². The first-order valence-electron chi connectivity index (χ1n) is 7.37. The second-order valence-corrected chi connectivity index (χ2v) is 5.36. The maximum Gasteiger partial charge on any atom is 0.170 e. The van der Waals surface area contributed by atoms with Crippen LogP contribution in [0.15, 0.2) is 65.8 Å². The van der Waals surface area contributed by atoms with Gasteiger partial charge in [-0.15, -0.1) is 0 Å². The lowest BCUT2D eigenvalue weighted by Crippen LogP contribution is -2.15. The van der Waals surface area contributed by atoms with E-state index in [0.29, 0.717) is 16.7 Å². The van der Waals surface area contributed by atoms with E-state index in [2.05, 4.69) is 5.16 Å². The van der Waals surface area contributed by atoms with E-state index in [-0.39, 0.29) is 22.7 Å². The molecule has 0 amide bonds. The van der Waals surface area contributed by atoms with Gasteiger partial charge in [-0.3, -0.25) is 0 Å². The number of nitrogens with zero attached hydrogens (tertiary/aromatic N) is 1. The Labute approximate surface area is 142 Å². The average molecular weight is 340 g/mol. The van der Waals surface area contributed by atoms with Gasteiger partial charge in [-0.1, -0.05) is 47.6 Å². The van der Waals surface area contributed by atoms with E-state index in [9.17, 15) is 13.9 Å². The number of rotatable bonds is 3. The van der Waals surface area contributed by atoms with Crippen molar-refractivity contribution in [2.24, 2.45) is 10.9 Å². The van der Waals surface area contributed by atoms with Gasteiger partial charge in [0.2, 0.25) is 0 Å². The minimum absolute atomic E-state index is 0.00900. The van der Waals surface area contributed by atoms with E-state index >= 15 is 0 Å². The third kappa shape index (κ3) is 3.01. The highest BCUT2D eigenvalue weighted by Gasteiger charge is 2.19. The third-order valence-corrected chi connectivity index (χ3v) is 3.85. The third-order valence-electron chi connectivity index (χ3n) is 3.85. The Morgan fingerprint density at radius 3 is 2.20 bits per heavy atom. The number of aromatic hydroxyl groups is 1. The summed E-state index contributed by atoms with van der Waals surface area (Å²) >= 11 is 0. The number of halogens is 2. The van der Waals surface area contributed by atoms with Crippen molar-refractivity contribution >= 4 is 5.84 Å². The maximum absolute atomic E-state index is 14.4. The van der Waals surface area contributed by atoms with Gasteiger partial charge in [0.1, 0.15) is 5.75 Å². The fourth-order valence-corrected chi connectivity index (χ4v) is 2.69. The average Bonchev–Trinajstić information content (AvgIpc) is 2.63. The summed E-state index contributed by atoms with van der Waals surface area (Å²) in [6.45, 7) is 0. The molecule has 0 unspecified atom stereocenters. The smallest absolute Gasteiger partial charge is 0.170 e. The van der Waals surface area contributed by atoms with E-state index < -0.39 is 11.6 Å². The predicted octanol–water partition coefficient (Wildman–Crippen LogP) is 4.10. The Hall–Kier alpha value is -3.41. The van der Waals surface area contributed by atoms with E-state index in [1.165, 1.54) is 24.3 Å². The molecule has 0 spiro atoms. The zero-order valence-corrected chi connectivity index (χ0v) is 12.9. The quantitative estimate of drug-likeness (QED) is 0.291. The van der Waals surface area contributed by atoms with Crippen molar-refractivity contribution in [3.63, 3.8) is 0 Å². The van der Waals surface area contributed by atoms with Crippen LogP contribution in [0.4, 0.5) is 8.78 Å². The zero-order valence-electron chi connectivity index (χ0n) is 12.9. The lowest BCUT2D eigenvalue weighted by atomic mass is 9.89. The summed E-state index contributed by atoms with van der Waals surface area (Å²) < 4.78 is 28.2. The first-order valence-corrected chi connectivity index (χ1v) is 7.37. The molecule has 3 aromatic carbocycles. The first kappa shape index (κ1) is 16.4. The van der Waals surface area contributed by atoms with Crippen molar-refractivity contribution in [2.45, 2.75) is 0 Å². The van der Waals surface area contributed by atoms with Gasteiger partial charge in [0, 0.05) is 16.7 Å². The van der Waals surface area contributed by atoms with Gasteiger partial charge >= 0.3 is 0 Å². The van der Waals surface area contributed by atoms with Gasteiger partial charge in [-0.2, -0.15) is 0 Å². The molecule has 0 fully saturated rings. The van der Waals surface area contributed by atoms with Crippen LogP contribution >= 0.6 is 0 Å². The van der Waals surface area contributed by atoms with Crippen LogP contribution in [0, 0.1) is 11.6 Å². The molecular formula is C19H14F2N2O2. The van der Waals surface area contributed by atoms with Crippen LogP contribution in [0.1, 0.15) is 5.56 Å². The van der Waals surface area contributed by atoms with Gasteiger partial charge in [-0.05, 0) is 29.3 Å². The second kappa shape index (κ2) is 6.60. The van der Waals surface area contributed by atoms with Gasteiger partial charge in [0.05, 0.1) is 0 Å². The van der Waals surface area contributed by atoms with Crippen LogP contribution in [-0.2, 0) is 0 Å². The van der Waals surface area contributed by atoms with E-state index in [1.54, 1.807) is 30.3 Å². The molecule has 6 heteroatoms. The number of hydrogen-bond donors (Lipinski definition) is 3. The van der Waals surface area contributed by atoms with Crippen molar-refractivity contribution in [3.8, 4) is 28.0 Å². The first-order chi connectivity index (χ1) is 12.0. The van der Waals surface area contributed by atoms with Crippen LogP contribution in [0.3, 0.4) is 0 Å². The molecule has 4 nitrogen and oxygen atoms in total. The van der Waals surface area contributed by atoms with Crippen LogP contribution in [0.2, 0.25) is 0 Å². The molecule has 0 atom stereocenters. The summed E-state index contributed by atoms with van der Waals surface area (Å²) in [4.78, 5) is 0. The van der Waals surface area contributed by atoms with Crippen LogP contribution in [0.25, 0.3) is 22.3 Å². The van der Waals surface area contributed by atoms with Crippen LogP contribution in [0.5, 0.6) is 5.75 Å². The molecular weight excluding hydrogens is 326 g/mol. The highest BCUT2D eigenvalue weighted by molar-refractivity contribution is 6.06. The standard InChI is InChI=1S/C19H14F2N2O2/c20-16-6-2-4-14(18(16)21)17-13(11-7-9-12(24)10-8-11)3-1-5-15(17)19(22)23-25/h1-10,24-25H,(H2,22,23). The van der Waals surface area contributed by atoms with E-state index in [4.69, 9.17) is 10.9 Å². The zero-order chi connectivity index (χ0) is 18.0. The Morgan fingerprint density at radius 2 is 1.52 bits per heavy atom. The van der Waals surface area contributed by atoms with E-state index in [1.807, 2.05) is 0 Å². The number of oxime groups is 1. The lowest BCUT2D eigenvalue weighted by molar-refractivity contribution is 0.318. The number of benzene rings is 3. The van der Waals surface area contributed by atoms with Crippen molar-refractivity contribution in [1.82, 2.24) is 0 Å². The van der Waals surface area contributed by atoms with Gasteiger partial charge in [0.15, 0.2) is 17.5 Å². The molecule has 3 aromatic rings. The van der Waals surface area contributed by atoms with Gasteiger partial charge in [0.25, 0.3) is 0 Å². The summed E-state index contributed by atoms with van der Waals surface area (Å²) in [5, 5.41) is 21.5. The molecule has 0 aliphatic rings. The summed E-state index contributed by atoms with van der Waals surface area (Å²) in [6.07, 6.45) is 0. The number of amidine groups is 1. The van der Waals surface area contributed by atoms with E-state index in [0.717, 1.165) is 6.07 Å². The summed E-state index contributed by atoms with van der Waals surface area (Å²) in [7, 11) is 0. The molecule has 3 rings (SSSR count). The number of phenols is 1. The highest BCUT2D eigenvalue weighted by Crippen LogP contribution is 2.37. The molecule has 0 aliphatic carbocycles. The van der Waals surface area contributed by atoms with Crippen molar-refractivity contribution in [2.75, 3.05) is 0 Å². The fourth-order valence-electron chi connectivity index (χ4n) is 2.69.